The van der Waals surface area contributed by atoms with E-state index in [4.69, 9.17) is 0 Å². The molecule has 2 rings (SSSR count). The van der Waals surface area contributed by atoms with Crippen molar-refractivity contribution in [3.8, 4) is 0 Å². The van der Waals surface area contributed by atoms with Crippen molar-refractivity contribution in [1.29, 1.82) is 0 Å². The maximum absolute atomic E-state index is 2.54. The minimum absolute atomic E-state index is 0.956. The molecule has 0 aromatic rings. The minimum Gasteiger partial charge on any atom is -0.0850 e. The zero-order valence-corrected chi connectivity index (χ0v) is 9.76. The third-order valence-electron chi connectivity index (χ3n) is 4.10. The van der Waals surface area contributed by atoms with E-state index < -0.39 is 0 Å². The monoisotopic (exact) mass is 192 g/mol. The molecule has 1 saturated carbocycles. The Morgan fingerprint density at radius 1 is 1.07 bits per heavy atom. The van der Waals surface area contributed by atoms with Gasteiger partial charge in [0.15, 0.2) is 0 Å². The van der Waals surface area contributed by atoms with Gasteiger partial charge < -0.3 is 0 Å². The molecule has 0 aromatic carbocycles. The normalized spacial score (nSPS) is 39.3. The summed E-state index contributed by atoms with van der Waals surface area (Å²) in [7, 11) is 0. The molecule has 0 bridgehead atoms. The Kier molecular flexibility index (Phi) is 3.30. The lowest BCUT2D eigenvalue weighted by atomic mass is 9.88. The van der Waals surface area contributed by atoms with Gasteiger partial charge in [0.1, 0.15) is 0 Å². The van der Waals surface area contributed by atoms with Crippen LogP contribution < -0.4 is 0 Å². The third kappa shape index (κ3) is 2.40. The molecular weight excluding hydrogens is 168 g/mol. The van der Waals surface area contributed by atoms with Crippen molar-refractivity contribution in [2.24, 2.45) is 17.8 Å². The second-order valence-corrected chi connectivity index (χ2v) is 5.63. The highest BCUT2D eigenvalue weighted by molar-refractivity contribution is 5.12. The first-order chi connectivity index (χ1) is 6.75. The average Bonchev–Trinajstić information content (AvgIpc) is 2.59. The lowest BCUT2D eigenvalue weighted by Gasteiger charge is -2.18. The Labute approximate surface area is 88.8 Å². The Morgan fingerprint density at radius 3 is 2.64 bits per heavy atom. The fraction of sp³-hybridized carbons (Fsp3) is 0.857. The van der Waals surface area contributed by atoms with Gasteiger partial charge in [-0.2, -0.15) is 0 Å². The van der Waals surface area contributed by atoms with Crippen molar-refractivity contribution in [1.82, 2.24) is 0 Å². The molecule has 2 aliphatic carbocycles. The molecule has 0 N–H and O–H groups in total. The fourth-order valence-electron chi connectivity index (χ4n) is 3.39. The summed E-state index contributed by atoms with van der Waals surface area (Å²) in [4.78, 5) is 0. The van der Waals surface area contributed by atoms with E-state index in [-0.39, 0.29) is 0 Å². The van der Waals surface area contributed by atoms with Gasteiger partial charge in [-0.1, -0.05) is 31.9 Å². The highest BCUT2D eigenvalue weighted by Crippen LogP contribution is 2.38. The van der Waals surface area contributed by atoms with Gasteiger partial charge in [0.05, 0.1) is 0 Å². The Hall–Kier alpha value is -0.260. The molecule has 0 nitrogen and oxygen atoms in total. The average molecular weight is 192 g/mol. The maximum Gasteiger partial charge on any atom is -0.0201 e. The molecule has 80 valence electrons. The van der Waals surface area contributed by atoms with Crippen molar-refractivity contribution in [2.45, 2.75) is 58.8 Å². The molecule has 14 heavy (non-hydrogen) atoms. The molecule has 0 heterocycles. The Balaban J connectivity index is 1.98. The van der Waals surface area contributed by atoms with Crippen LogP contribution in [0.15, 0.2) is 11.6 Å². The van der Waals surface area contributed by atoms with Crippen LogP contribution in [-0.2, 0) is 0 Å². The van der Waals surface area contributed by atoms with Crippen LogP contribution in [0.25, 0.3) is 0 Å². The smallest absolute Gasteiger partial charge is 0.0201 e. The molecule has 1 fully saturated rings. The van der Waals surface area contributed by atoms with Crippen LogP contribution >= 0.6 is 0 Å². The second kappa shape index (κ2) is 4.51. The van der Waals surface area contributed by atoms with Crippen molar-refractivity contribution in [2.75, 3.05) is 0 Å². The van der Waals surface area contributed by atoms with E-state index in [0.717, 1.165) is 17.8 Å². The van der Waals surface area contributed by atoms with Crippen molar-refractivity contribution in [3.05, 3.63) is 11.6 Å². The van der Waals surface area contributed by atoms with Crippen LogP contribution in [0.2, 0.25) is 0 Å². The highest BCUT2D eigenvalue weighted by Gasteiger charge is 2.24. The molecule has 0 aromatic heterocycles. The predicted octanol–water partition coefficient (Wildman–Crippen LogP) is 4.56. The summed E-state index contributed by atoms with van der Waals surface area (Å²) in [6, 6.07) is 0. The lowest BCUT2D eigenvalue weighted by Crippen LogP contribution is -2.05. The van der Waals surface area contributed by atoms with Gasteiger partial charge in [0.2, 0.25) is 0 Å². The maximum atomic E-state index is 2.54. The highest BCUT2D eigenvalue weighted by atomic mass is 14.3. The molecular formula is C14H24. The quantitative estimate of drug-likeness (QED) is 0.422. The number of hydrogen-bond donors (Lipinski definition) is 0. The van der Waals surface area contributed by atoms with Gasteiger partial charge in [0.25, 0.3) is 0 Å². The van der Waals surface area contributed by atoms with Gasteiger partial charge in [-0.25, -0.2) is 0 Å². The number of rotatable bonds is 1. The van der Waals surface area contributed by atoms with E-state index in [1.807, 2.05) is 5.57 Å². The van der Waals surface area contributed by atoms with E-state index in [1.54, 1.807) is 0 Å². The SMILES string of the molecule is CC1CCC(C2=CCCC2)CC(C)C1. The lowest BCUT2D eigenvalue weighted by molar-refractivity contribution is 0.409. The Morgan fingerprint density at radius 2 is 1.93 bits per heavy atom. The standard InChI is InChI=1S/C14H24/c1-11-7-8-14(10-12(2)9-11)13-5-3-4-6-13/h5,11-12,14H,3-4,6-10H2,1-2H3. The van der Waals surface area contributed by atoms with Crippen LogP contribution in [0.5, 0.6) is 0 Å². The van der Waals surface area contributed by atoms with Crippen LogP contribution in [0.3, 0.4) is 0 Å². The summed E-state index contributed by atoms with van der Waals surface area (Å²) in [6.07, 6.45) is 12.6. The summed E-state index contributed by atoms with van der Waals surface area (Å²) < 4.78 is 0. The van der Waals surface area contributed by atoms with E-state index in [2.05, 4.69) is 19.9 Å². The van der Waals surface area contributed by atoms with E-state index >= 15 is 0 Å². The molecule has 0 radical (unpaired) electrons. The molecule has 2 aliphatic rings. The predicted molar refractivity (Wildman–Crippen MR) is 62.2 cm³/mol. The molecule has 3 atom stereocenters. The van der Waals surface area contributed by atoms with Crippen molar-refractivity contribution < 1.29 is 0 Å². The van der Waals surface area contributed by atoms with E-state index in [0.29, 0.717) is 0 Å². The van der Waals surface area contributed by atoms with Gasteiger partial charge in [-0.15, -0.1) is 0 Å². The fourth-order valence-corrected chi connectivity index (χ4v) is 3.39. The van der Waals surface area contributed by atoms with Crippen LogP contribution in [0, 0.1) is 17.8 Å². The first kappa shape index (κ1) is 10.3. The summed E-state index contributed by atoms with van der Waals surface area (Å²) >= 11 is 0. The van der Waals surface area contributed by atoms with Gasteiger partial charge in [-0.3, -0.25) is 0 Å². The summed E-state index contributed by atoms with van der Waals surface area (Å²) in [5.41, 5.74) is 1.81. The van der Waals surface area contributed by atoms with Gasteiger partial charge >= 0.3 is 0 Å². The molecule has 0 spiro atoms. The van der Waals surface area contributed by atoms with Crippen LogP contribution in [0.4, 0.5) is 0 Å². The van der Waals surface area contributed by atoms with Gasteiger partial charge in [-0.05, 0) is 56.3 Å². The topological polar surface area (TPSA) is 0 Å². The third-order valence-corrected chi connectivity index (χ3v) is 4.10. The summed E-state index contributed by atoms with van der Waals surface area (Å²) in [5.74, 6) is 2.88. The Bertz CT molecular complexity index is 214. The number of allylic oxidation sites excluding steroid dienone is 2. The number of hydrogen-bond acceptors (Lipinski definition) is 0. The molecule has 0 amide bonds. The van der Waals surface area contributed by atoms with Gasteiger partial charge in [0, 0.05) is 0 Å². The van der Waals surface area contributed by atoms with Crippen molar-refractivity contribution >= 4 is 0 Å². The zero-order valence-electron chi connectivity index (χ0n) is 9.76. The zero-order chi connectivity index (χ0) is 9.97. The first-order valence-corrected chi connectivity index (χ1v) is 6.44. The first-order valence-electron chi connectivity index (χ1n) is 6.44. The molecule has 0 aliphatic heterocycles. The van der Waals surface area contributed by atoms with E-state index in [9.17, 15) is 0 Å². The molecule has 0 saturated heterocycles. The summed E-state index contributed by atoms with van der Waals surface area (Å²) in [5, 5.41) is 0. The van der Waals surface area contributed by atoms with Crippen LogP contribution in [0.1, 0.15) is 58.8 Å². The minimum atomic E-state index is 0.956. The van der Waals surface area contributed by atoms with Crippen molar-refractivity contribution in [3.63, 3.8) is 0 Å². The van der Waals surface area contributed by atoms with E-state index in [1.165, 1.54) is 44.9 Å². The molecule has 0 heteroatoms. The second-order valence-electron chi connectivity index (χ2n) is 5.63. The largest absolute Gasteiger partial charge is 0.0850 e. The molecule has 3 unspecified atom stereocenters. The van der Waals surface area contributed by atoms with Crippen LogP contribution in [-0.4, -0.2) is 0 Å². The summed E-state index contributed by atoms with van der Waals surface area (Å²) in [6.45, 7) is 4.88.